The molecule has 1 amide bonds. The summed E-state index contributed by atoms with van der Waals surface area (Å²) in [5.41, 5.74) is 6.13. The summed E-state index contributed by atoms with van der Waals surface area (Å²) in [4.78, 5) is 13.7. The van der Waals surface area contributed by atoms with Crippen molar-refractivity contribution in [3.05, 3.63) is 23.8 Å². The predicted molar refractivity (Wildman–Crippen MR) is 70.4 cm³/mol. The third kappa shape index (κ3) is 2.87. The molecule has 1 aromatic rings. The van der Waals surface area contributed by atoms with E-state index in [2.05, 4.69) is 0 Å². The number of hydrogen-bond acceptors (Lipinski definition) is 5. The molecule has 2 rings (SSSR count). The smallest absolute Gasteiger partial charge is 0.253 e. The standard InChI is InChI=1S/C12H16N2O4S/c1-19(17,18)11-3-9(2-10(13)4-11)12(16)14-5-8(6-14)7-15/h2-4,8,15H,5-7,13H2,1H3. The van der Waals surface area contributed by atoms with E-state index in [-0.39, 0.29) is 34.6 Å². The predicted octanol–water partition coefficient (Wildman–Crippen LogP) is -0.263. The molecule has 0 aliphatic carbocycles. The molecule has 7 heteroatoms. The van der Waals surface area contributed by atoms with Crippen LogP contribution in [0, 0.1) is 5.92 Å². The highest BCUT2D eigenvalue weighted by Crippen LogP contribution is 2.22. The summed E-state index contributed by atoms with van der Waals surface area (Å²) in [6, 6.07) is 4.13. The summed E-state index contributed by atoms with van der Waals surface area (Å²) in [5.74, 6) is -0.152. The fraction of sp³-hybridized carbons (Fsp3) is 0.417. The van der Waals surface area contributed by atoms with Crippen LogP contribution < -0.4 is 5.73 Å². The first-order valence-corrected chi connectivity index (χ1v) is 7.71. The third-order valence-corrected chi connectivity index (χ3v) is 4.20. The number of likely N-dealkylation sites (tertiary alicyclic amines) is 1. The number of amides is 1. The van der Waals surface area contributed by atoms with Gasteiger partial charge in [0, 0.05) is 43.1 Å². The van der Waals surface area contributed by atoms with Crippen LogP contribution in [0.15, 0.2) is 23.1 Å². The summed E-state index contributed by atoms with van der Waals surface area (Å²) in [7, 11) is -3.40. The van der Waals surface area contributed by atoms with E-state index in [1.165, 1.54) is 18.2 Å². The lowest BCUT2D eigenvalue weighted by Gasteiger charge is -2.38. The van der Waals surface area contributed by atoms with Gasteiger partial charge in [-0.05, 0) is 18.2 Å². The van der Waals surface area contributed by atoms with Crippen molar-refractivity contribution in [3.63, 3.8) is 0 Å². The summed E-state index contributed by atoms with van der Waals surface area (Å²) < 4.78 is 23.0. The minimum Gasteiger partial charge on any atom is -0.399 e. The Morgan fingerprint density at radius 2 is 2.05 bits per heavy atom. The van der Waals surface area contributed by atoms with Gasteiger partial charge in [-0.25, -0.2) is 8.42 Å². The normalized spacial score (nSPS) is 16.2. The molecule has 1 fully saturated rings. The number of carbonyl (C=O) groups is 1. The third-order valence-electron chi connectivity index (χ3n) is 3.11. The van der Waals surface area contributed by atoms with Gasteiger partial charge in [-0.1, -0.05) is 0 Å². The highest BCUT2D eigenvalue weighted by Gasteiger charge is 2.31. The van der Waals surface area contributed by atoms with Gasteiger partial charge in [-0.3, -0.25) is 4.79 Å². The summed E-state index contributed by atoms with van der Waals surface area (Å²) in [6.07, 6.45) is 1.07. The van der Waals surface area contributed by atoms with Crippen LogP contribution in [0.3, 0.4) is 0 Å². The number of carbonyl (C=O) groups excluding carboxylic acids is 1. The molecular weight excluding hydrogens is 268 g/mol. The average Bonchev–Trinajstić information content (AvgIpc) is 2.25. The van der Waals surface area contributed by atoms with Crippen molar-refractivity contribution in [3.8, 4) is 0 Å². The van der Waals surface area contributed by atoms with Crippen LogP contribution in [0.2, 0.25) is 0 Å². The molecule has 3 N–H and O–H groups in total. The van der Waals surface area contributed by atoms with E-state index < -0.39 is 9.84 Å². The minimum absolute atomic E-state index is 0.0371. The summed E-state index contributed by atoms with van der Waals surface area (Å²) in [6.45, 7) is 1.02. The highest BCUT2D eigenvalue weighted by molar-refractivity contribution is 7.90. The number of nitrogens with zero attached hydrogens (tertiary/aromatic N) is 1. The maximum atomic E-state index is 12.1. The largest absolute Gasteiger partial charge is 0.399 e. The number of anilines is 1. The SMILES string of the molecule is CS(=O)(=O)c1cc(N)cc(C(=O)N2CC(CO)C2)c1. The van der Waals surface area contributed by atoms with Crippen molar-refractivity contribution in [2.24, 2.45) is 5.92 Å². The lowest BCUT2D eigenvalue weighted by atomic mass is 10.00. The maximum Gasteiger partial charge on any atom is 0.253 e. The summed E-state index contributed by atoms with van der Waals surface area (Å²) >= 11 is 0. The van der Waals surface area contributed by atoms with Crippen LogP contribution in [-0.4, -0.2) is 50.3 Å². The second kappa shape index (κ2) is 4.82. The van der Waals surface area contributed by atoms with E-state index in [0.29, 0.717) is 13.1 Å². The number of aliphatic hydroxyl groups is 1. The molecule has 0 unspecified atom stereocenters. The summed E-state index contributed by atoms with van der Waals surface area (Å²) in [5, 5.41) is 8.91. The molecule has 0 spiro atoms. The van der Waals surface area contributed by atoms with Gasteiger partial charge in [0.1, 0.15) is 0 Å². The Kier molecular flexibility index (Phi) is 3.51. The van der Waals surface area contributed by atoms with Crippen molar-refractivity contribution in [1.29, 1.82) is 0 Å². The number of hydrogen-bond donors (Lipinski definition) is 2. The zero-order valence-corrected chi connectivity index (χ0v) is 11.4. The maximum absolute atomic E-state index is 12.1. The Bertz CT molecular complexity index is 606. The van der Waals surface area contributed by atoms with Crippen molar-refractivity contribution < 1.29 is 18.3 Å². The van der Waals surface area contributed by atoms with E-state index in [1.54, 1.807) is 4.90 Å². The Morgan fingerprint density at radius 1 is 1.42 bits per heavy atom. The monoisotopic (exact) mass is 284 g/mol. The fourth-order valence-electron chi connectivity index (χ4n) is 1.99. The molecule has 1 aromatic carbocycles. The first-order valence-electron chi connectivity index (χ1n) is 5.82. The minimum atomic E-state index is -3.40. The van der Waals surface area contributed by atoms with Crippen molar-refractivity contribution in [2.75, 3.05) is 31.7 Å². The van der Waals surface area contributed by atoms with E-state index in [0.717, 1.165) is 6.26 Å². The lowest BCUT2D eigenvalue weighted by Crippen LogP contribution is -2.51. The van der Waals surface area contributed by atoms with Crippen LogP contribution in [-0.2, 0) is 9.84 Å². The van der Waals surface area contributed by atoms with E-state index in [9.17, 15) is 13.2 Å². The number of aliphatic hydroxyl groups excluding tert-OH is 1. The van der Waals surface area contributed by atoms with Crippen molar-refractivity contribution in [1.82, 2.24) is 4.90 Å². The van der Waals surface area contributed by atoms with E-state index in [1.807, 2.05) is 0 Å². The zero-order valence-electron chi connectivity index (χ0n) is 10.5. The molecule has 0 atom stereocenters. The molecule has 104 valence electrons. The van der Waals surface area contributed by atoms with Crippen LogP contribution in [0.4, 0.5) is 5.69 Å². The number of rotatable bonds is 3. The van der Waals surface area contributed by atoms with Gasteiger partial charge in [-0.2, -0.15) is 0 Å². The highest BCUT2D eigenvalue weighted by atomic mass is 32.2. The number of benzene rings is 1. The number of nitrogens with two attached hydrogens (primary N) is 1. The molecule has 1 saturated heterocycles. The first kappa shape index (κ1) is 13.8. The van der Waals surface area contributed by atoms with Crippen LogP contribution in [0.1, 0.15) is 10.4 Å². The quantitative estimate of drug-likeness (QED) is 0.745. The van der Waals surface area contributed by atoms with Crippen LogP contribution in [0.25, 0.3) is 0 Å². The molecule has 0 radical (unpaired) electrons. The Balaban J connectivity index is 2.26. The van der Waals surface area contributed by atoms with E-state index in [4.69, 9.17) is 10.8 Å². The average molecular weight is 284 g/mol. The first-order chi connectivity index (χ1) is 8.81. The van der Waals surface area contributed by atoms with Crippen molar-refractivity contribution in [2.45, 2.75) is 4.90 Å². The van der Waals surface area contributed by atoms with Gasteiger partial charge < -0.3 is 15.7 Å². The van der Waals surface area contributed by atoms with Crippen LogP contribution >= 0.6 is 0 Å². The lowest BCUT2D eigenvalue weighted by molar-refractivity contribution is 0.0362. The van der Waals surface area contributed by atoms with Crippen molar-refractivity contribution >= 4 is 21.4 Å². The van der Waals surface area contributed by atoms with E-state index >= 15 is 0 Å². The van der Waals surface area contributed by atoms with Crippen LogP contribution in [0.5, 0.6) is 0 Å². The second-order valence-electron chi connectivity index (χ2n) is 4.82. The Morgan fingerprint density at radius 3 is 2.58 bits per heavy atom. The Labute approximate surface area is 111 Å². The molecule has 6 nitrogen and oxygen atoms in total. The molecule has 19 heavy (non-hydrogen) atoms. The van der Waals surface area contributed by atoms with Gasteiger partial charge in [0.2, 0.25) is 0 Å². The van der Waals surface area contributed by atoms with Gasteiger partial charge in [0.05, 0.1) is 4.90 Å². The Hall–Kier alpha value is -1.60. The van der Waals surface area contributed by atoms with Gasteiger partial charge in [0.15, 0.2) is 9.84 Å². The molecule has 1 aliphatic rings. The fourth-order valence-corrected chi connectivity index (χ4v) is 2.68. The topological polar surface area (TPSA) is 101 Å². The number of sulfone groups is 1. The molecule has 0 bridgehead atoms. The van der Waals surface area contributed by atoms with Gasteiger partial charge >= 0.3 is 0 Å². The second-order valence-corrected chi connectivity index (χ2v) is 6.84. The molecule has 0 saturated carbocycles. The van der Waals surface area contributed by atoms with Gasteiger partial charge in [-0.15, -0.1) is 0 Å². The van der Waals surface area contributed by atoms with Gasteiger partial charge in [0.25, 0.3) is 5.91 Å². The molecular formula is C12H16N2O4S. The molecule has 0 aromatic heterocycles. The number of nitrogen functional groups attached to an aromatic ring is 1. The molecule has 1 aliphatic heterocycles. The zero-order chi connectivity index (χ0) is 14.2. The molecule has 1 heterocycles.